The monoisotopic (exact) mass is 340 g/mol. The van der Waals surface area contributed by atoms with Gasteiger partial charge in [-0.1, -0.05) is 25.5 Å². The van der Waals surface area contributed by atoms with Crippen molar-refractivity contribution in [1.29, 1.82) is 0 Å². The molecule has 0 fully saturated rings. The molecule has 0 aliphatic carbocycles. The van der Waals surface area contributed by atoms with Crippen LogP contribution in [-0.2, 0) is 21.2 Å². The second-order valence-corrected chi connectivity index (χ2v) is 7.86. The van der Waals surface area contributed by atoms with Crippen molar-refractivity contribution in [2.75, 3.05) is 12.8 Å². The van der Waals surface area contributed by atoms with Crippen LogP contribution < -0.4 is 10.6 Å². The lowest BCUT2D eigenvalue weighted by Crippen LogP contribution is -2.37. The van der Waals surface area contributed by atoms with E-state index in [0.29, 0.717) is 12.1 Å². The van der Waals surface area contributed by atoms with E-state index in [4.69, 9.17) is 0 Å². The van der Waals surface area contributed by atoms with E-state index in [-0.39, 0.29) is 12.5 Å². The third-order valence-electron chi connectivity index (χ3n) is 3.51. The van der Waals surface area contributed by atoms with Crippen LogP contribution in [0.1, 0.15) is 42.6 Å². The molecule has 0 aliphatic heterocycles. The Hall–Kier alpha value is -1.89. The smallest absolute Gasteiger partial charge is 0.251 e. The van der Waals surface area contributed by atoms with Crippen molar-refractivity contribution in [3.63, 3.8) is 0 Å². The van der Waals surface area contributed by atoms with Gasteiger partial charge in [-0.2, -0.15) is 0 Å². The van der Waals surface area contributed by atoms with Gasteiger partial charge in [0.25, 0.3) is 5.91 Å². The molecule has 6 nitrogen and oxygen atoms in total. The third-order valence-corrected chi connectivity index (χ3v) is 5.01. The molecule has 0 saturated heterocycles. The van der Waals surface area contributed by atoms with Gasteiger partial charge in [0.1, 0.15) is 5.25 Å². The van der Waals surface area contributed by atoms with Crippen molar-refractivity contribution >= 4 is 21.7 Å². The predicted molar refractivity (Wildman–Crippen MR) is 89.8 cm³/mol. The molecule has 0 unspecified atom stereocenters. The summed E-state index contributed by atoms with van der Waals surface area (Å²) in [5.74, 6) is -0.659. The zero-order valence-corrected chi connectivity index (χ0v) is 14.6. The highest BCUT2D eigenvalue weighted by Gasteiger charge is 2.22. The molecule has 1 rings (SSSR count). The van der Waals surface area contributed by atoms with Gasteiger partial charge in [0.05, 0.1) is 0 Å². The maximum Gasteiger partial charge on any atom is 0.251 e. The van der Waals surface area contributed by atoms with Gasteiger partial charge >= 0.3 is 0 Å². The van der Waals surface area contributed by atoms with Gasteiger partial charge in [-0.05, 0) is 31.0 Å². The molecule has 7 heteroatoms. The second-order valence-electron chi connectivity index (χ2n) is 5.50. The Morgan fingerprint density at radius 2 is 1.74 bits per heavy atom. The molecule has 0 bridgehead atoms. The van der Waals surface area contributed by atoms with Crippen LogP contribution in [0.2, 0.25) is 0 Å². The number of benzene rings is 1. The van der Waals surface area contributed by atoms with Crippen molar-refractivity contribution in [1.82, 2.24) is 10.6 Å². The molecule has 0 heterocycles. The van der Waals surface area contributed by atoms with Crippen LogP contribution in [0.25, 0.3) is 0 Å². The summed E-state index contributed by atoms with van der Waals surface area (Å²) in [5.41, 5.74) is 1.35. The lowest BCUT2D eigenvalue weighted by molar-refractivity contribution is -0.120. The summed E-state index contributed by atoms with van der Waals surface area (Å²) in [4.78, 5) is 23.6. The van der Waals surface area contributed by atoms with Crippen LogP contribution in [0.3, 0.4) is 0 Å². The standard InChI is InChI=1S/C16H24N2O4S/c1-4-5-10-17-16(20)14-8-6-13(7-9-14)11-18-15(19)12(2)23(3,21)22/h6-9,12H,4-5,10-11H2,1-3H3,(H,17,20)(H,18,19)/t12-/m1/s1. The third kappa shape index (κ3) is 6.40. The largest absolute Gasteiger partial charge is 0.352 e. The van der Waals surface area contributed by atoms with E-state index < -0.39 is 21.0 Å². The predicted octanol–water partition coefficient (Wildman–Crippen LogP) is 1.27. The van der Waals surface area contributed by atoms with Gasteiger partial charge in [-0.15, -0.1) is 0 Å². The van der Waals surface area contributed by atoms with E-state index in [1.807, 2.05) is 0 Å². The Bertz CT molecular complexity index is 639. The maximum absolute atomic E-state index is 11.8. The zero-order chi connectivity index (χ0) is 17.5. The minimum Gasteiger partial charge on any atom is -0.352 e. The molecular weight excluding hydrogens is 316 g/mol. The van der Waals surface area contributed by atoms with Gasteiger partial charge in [0.2, 0.25) is 5.91 Å². The van der Waals surface area contributed by atoms with Crippen LogP contribution in [0.5, 0.6) is 0 Å². The van der Waals surface area contributed by atoms with E-state index >= 15 is 0 Å². The molecule has 0 spiro atoms. The fraction of sp³-hybridized carbons (Fsp3) is 0.500. The average molecular weight is 340 g/mol. The summed E-state index contributed by atoms with van der Waals surface area (Å²) in [6.07, 6.45) is 2.99. The van der Waals surface area contributed by atoms with Crippen molar-refractivity contribution in [2.45, 2.75) is 38.5 Å². The van der Waals surface area contributed by atoms with Crippen molar-refractivity contribution in [3.8, 4) is 0 Å². The molecular formula is C16H24N2O4S. The molecule has 0 aromatic heterocycles. The van der Waals surface area contributed by atoms with E-state index in [2.05, 4.69) is 17.6 Å². The number of unbranched alkanes of at least 4 members (excludes halogenated alkanes) is 1. The number of amides is 2. The van der Waals surface area contributed by atoms with Crippen molar-refractivity contribution < 1.29 is 18.0 Å². The molecule has 1 aromatic rings. The highest BCUT2D eigenvalue weighted by Crippen LogP contribution is 2.05. The first-order valence-corrected chi connectivity index (χ1v) is 9.55. The van der Waals surface area contributed by atoms with Gasteiger partial charge in [-0.25, -0.2) is 8.42 Å². The highest BCUT2D eigenvalue weighted by atomic mass is 32.2. The second kappa shape index (κ2) is 8.67. The first kappa shape index (κ1) is 19.2. The number of hydrogen-bond donors (Lipinski definition) is 2. The number of nitrogens with one attached hydrogen (secondary N) is 2. The number of rotatable bonds is 8. The molecule has 0 saturated carbocycles. The Morgan fingerprint density at radius 1 is 1.13 bits per heavy atom. The summed E-state index contributed by atoms with van der Waals surface area (Å²) in [7, 11) is -3.40. The highest BCUT2D eigenvalue weighted by molar-refractivity contribution is 7.92. The van der Waals surface area contributed by atoms with Gasteiger partial charge < -0.3 is 10.6 Å². The molecule has 1 atom stereocenters. The Morgan fingerprint density at radius 3 is 2.26 bits per heavy atom. The van der Waals surface area contributed by atoms with Crippen LogP contribution in [0.4, 0.5) is 0 Å². The minimum atomic E-state index is -3.40. The van der Waals surface area contributed by atoms with Crippen LogP contribution in [-0.4, -0.2) is 38.3 Å². The molecule has 2 N–H and O–H groups in total. The SMILES string of the molecule is CCCCNC(=O)c1ccc(CNC(=O)[C@@H](C)S(C)(=O)=O)cc1. The normalized spacial score (nSPS) is 12.5. The summed E-state index contributed by atoms with van der Waals surface area (Å²) in [6.45, 7) is 4.28. The Balaban J connectivity index is 2.54. The van der Waals surface area contributed by atoms with E-state index in [9.17, 15) is 18.0 Å². The lowest BCUT2D eigenvalue weighted by atomic mass is 10.1. The van der Waals surface area contributed by atoms with Gasteiger partial charge in [0.15, 0.2) is 9.84 Å². The van der Waals surface area contributed by atoms with Gasteiger partial charge in [-0.3, -0.25) is 9.59 Å². The first-order chi connectivity index (χ1) is 10.8. The van der Waals surface area contributed by atoms with Gasteiger partial charge in [0, 0.05) is 24.9 Å². The lowest BCUT2D eigenvalue weighted by Gasteiger charge is -2.11. The number of carbonyl (C=O) groups excluding carboxylic acids is 2. The number of sulfone groups is 1. The van der Waals surface area contributed by atoms with E-state index in [0.717, 1.165) is 24.7 Å². The summed E-state index contributed by atoms with van der Waals surface area (Å²) >= 11 is 0. The van der Waals surface area contributed by atoms with Crippen LogP contribution in [0, 0.1) is 0 Å². The quantitative estimate of drug-likeness (QED) is 0.697. The molecule has 2 amide bonds. The fourth-order valence-electron chi connectivity index (χ4n) is 1.78. The zero-order valence-electron chi connectivity index (χ0n) is 13.8. The van der Waals surface area contributed by atoms with Crippen molar-refractivity contribution in [2.24, 2.45) is 0 Å². The molecule has 0 radical (unpaired) electrons. The summed E-state index contributed by atoms with van der Waals surface area (Å²) in [6, 6.07) is 6.84. The molecule has 128 valence electrons. The summed E-state index contributed by atoms with van der Waals surface area (Å²) < 4.78 is 22.6. The van der Waals surface area contributed by atoms with Crippen LogP contribution >= 0.6 is 0 Å². The van der Waals surface area contributed by atoms with E-state index in [1.54, 1.807) is 24.3 Å². The van der Waals surface area contributed by atoms with E-state index in [1.165, 1.54) is 6.92 Å². The first-order valence-electron chi connectivity index (χ1n) is 7.59. The number of carbonyl (C=O) groups is 2. The topological polar surface area (TPSA) is 92.3 Å². The van der Waals surface area contributed by atoms with Crippen LogP contribution in [0.15, 0.2) is 24.3 Å². The number of hydrogen-bond acceptors (Lipinski definition) is 4. The maximum atomic E-state index is 11.8. The Kier molecular flexibility index (Phi) is 7.22. The molecule has 1 aromatic carbocycles. The fourth-order valence-corrected chi connectivity index (χ4v) is 2.25. The Labute approximate surface area is 137 Å². The summed E-state index contributed by atoms with van der Waals surface area (Å²) in [5, 5.41) is 4.33. The molecule has 23 heavy (non-hydrogen) atoms. The minimum absolute atomic E-state index is 0.125. The average Bonchev–Trinajstić information content (AvgIpc) is 2.51. The van der Waals surface area contributed by atoms with Crippen molar-refractivity contribution in [3.05, 3.63) is 35.4 Å². The molecule has 0 aliphatic rings.